The maximum absolute atomic E-state index is 12.3. The summed E-state index contributed by atoms with van der Waals surface area (Å²) in [6.45, 7) is 9.11. The van der Waals surface area contributed by atoms with Crippen LogP contribution in [0.25, 0.3) is 0 Å². The molecule has 1 aromatic heterocycles. The Hall–Kier alpha value is -1.91. The summed E-state index contributed by atoms with van der Waals surface area (Å²) in [6, 6.07) is 3.86. The minimum absolute atomic E-state index is 0.354. The summed E-state index contributed by atoms with van der Waals surface area (Å²) in [6.07, 6.45) is 4.40. The van der Waals surface area contributed by atoms with Gasteiger partial charge in [0.25, 0.3) is 0 Å². The first-order valence-corrected chi connectivity index (χ1v) is 7.91. The molecule has 0 saturated carbocycles. The summed E-state index contributed by atoms with van der Waals surface area (Å²) in [4.78, 5) is 22.8. The number of aromatic nitrogens is 1. The Balaban J connectivity index is 2.16. The molecule has 0 unspecified atom stereocenters. The Labute approximate surface area is 132 Å². The third kappa shape index (κ3) is 4.29. The van der Waals surface area contributed by atoms with E-state index in [1.54, 1.807) is 11.1 Å². The monoisotopic (exact) mass is 303 g/mol. The molecule has 0 aromatic carbocycles. The third-order valence-electron chi connectivity index (χ3n) is 3.29. The van der Waals surface area contributed by atoms with Gasteiger partial charge in [0, 0.05) is 30.6 Å². The normalized spacial score (nSPS) is 14.6. The first kappa shape index (κ1) is 16.5. The lowest BCUT2D eigenvalue weighted by Crippen LogP contribution is -2.37. The molecular weight excluding hydrogens is 278 g/mol. The molecule has 1 aromatic rings. The summed E-state index contributed by atoms with van der Waals surface area (Å²) >= 11 is 0. The molecule has 120 valence electrons. The van der Waals surface area contributed by atoms with Crippen molar-refractivity contribution in [3.63, 3.8) is 0 Å². The van der Waals surface area contributed by atoms with Gasteiger partial charge in [-0.15, -0.1) is 0 Å². The van der Waals surface area contributed by atoms with Crippen molar-refractivity contribution in [1.29, 1.82) is 0 Å². The van der Waals surface area contributed by atoms with Gasteiger partial charge in [0.05, 0.1) is 0 Å². The summed E-state index contributed by atoms with van der Waals surface area (Å²) < 4.78 is 5.46. The molecule has 0 N–H and O–H groups in total. The van der Waals surface area contributed by atoms with Crippen molar-refractivity contribution in [3.05, 3.63) is 23.9 Å². The number of anilines is 1. The molecule has 5 heteroatoms. The van der Waals surface area contributed by atoms with E-state index in [-0.39, 0.29) is 6.09 Å². The summed E-state index contributed by atoms with van der Waals surface area (Å²) in [7, 11) is 0. The predicted octanol–water partition coefficient (Wildman–Crippen LogP) is 3.82. The van der Waals surface area contributed by atoms with Crippen molar-refractivity contribution < 1.29 is 9.53 Å². The second-order valence-electron chi connectivity index (χ2n) is 6.47. The number of amides is 1. The van der Waals surface area contributed by atoms with Crippen LogP contribution in [-0.4, -0.2) is 35.5 Å². The SMILES string of the molecule is CCCN(C(=O)OC(C)(C)C)c1ccc(C2=NCCC2)cn1. The van der Waals surface area contributed by atoms with E-state index in [0.717, 1.165) is 37.1 Å². The number of ether oxygens (including phenoxy) is 1. The van der Waals surface area contributed by atoms with Crippen LogP contribution in [0.5, 0.6) is 0 Å². The highest BCUT2D eigenvalue weighted by atomic mass is 16.6. The van der Waals surface area contributed by atoms with E-state index >= 15 is 0 Å². The Morgan fingerprint density at radius 3 is 2.64 bits per heavy atom. The number of hydrogen-bond donors (Lipinski definition) is 0. The van der Waals surface area contributed by atoms with Gasteiger partial charge in [-0.05, 0) is 52.2 Å². The number of hydrogen-bond acceptors (Lipinski definition) is 4. The minimum atomic E-state index is -0.512. The van der Waals surface area contributed by atoms with E-state index in [2.05, 4.69) is 9.98 Å². The van der Waals surface area contributed by atoms with Gasteiger partial charge >= 0.3 is 6.09 Å². The molecule has 0 saturated heterocycles. The predicted molar refractivity (Wildman–Crippen MR) is 88.7 cm³/mol. The molecule has 2 rings (SSSR count). The van der Waals surface area contributed by atoms with Crippen LogP contribution in [0.1, 0.15) is 52.5 Å². The first-order valence-electron chi connectivity index (χ1n) is 7.91. The molecule has 0 aliphatic carbocycles. The van der Waals surface area contributed by atoms with Crippen LogP contribution >= 0.6 is 0 Å². The van der Waals surface area contributed by atoms with Crippen LogP contribution in [0.3, 0.4) is 0 Å². The van der Waals surface area contributed by atoms with Crippen molar-refractivity contribution in [2.75, 3.05) is 18.0 Å². The number of nitrogens with zero attached hydrogens (tertiary/aromatic N) is 3. The molecule has 2 heterocycles. The van der Waals surface area contributed by atoms with Gasteiger partial charge in [0.15, 0.2) is 0 Å². The zero-order valence-electron chi connectivity index (χ0n) is 13.9. The Bertz CT molecular complexity index is 544. The lowest BCUT2D eigenvalue weighted by molar-refractivity contribution is 0.0579. The average molecular weight is 303 g/mol. The molecule has 0 fully saturated rings. The number of rotatable bonds is 4. The summed E-state index contributed by atoms with van der Waals surface area (Å²) in [5, 5.41) is 0. The van der Waals surface area contributed by atoms with E-state index in [4.69, 9.17) is 4.74 Å². The van der Waals surface area contributed by atoms with E-state index in [9.17, 15) is 4.79 Å². The zero-order valence-corrected chi connectivity index (χ0v) is 13.9. The topological polar surface area (TPSA) is 54.8 Å². The quantitative estimate of drug-likeness (QED) is 0.849. The highest BCUT2D eigenvalue weighted by molar-refractivity contribution is 6.01. The highest BCUT2D eigenvalue weighted by Gasteiger charge is 2.23. The standard InChI is InChI=1S/C17H25N3O2/c1-5-11-20(16(21)22-17(2,3)4)15-9-8-13(12-19-15)14-7-6-10-18-14/h8-9,12H,5-7,10-11H2,1-4H3. The van der Waals surface area contributed by atoms with Crippen LogP contribution in [0.4, 0.5) is 10.6 Å². The molecule has 22 heavy (non-hydrogen) atoms. The molecule has 0 radical (unpaired) electrons. The molecule has 1 aliphatic rings. The van der Waals surface area contributed by atoms with Crippen LogP contribution in [0.15, 0.2) is 23.3 Å². The van der Waals surface area contributed by atoms with Crippen molar-refractivity contribution in [2.24, 2.45) is 4.99 Å². The van der Waals surface area contributed by atoms with E-state index < -0.39 is 5.60 Å². The van der Waals surface area contributed by atoms with Crippen LogP contribution in [0, 0.1) is 0 Å². The van der Waals surface area contributed by atoms with Gasteiger partial charge in [-0.2, -0.15) is 0 Å². The van der Waals surface area contributed by atoms with Gasteiger partial charge in [-0.25, -0.2) is 9.78 Å². The molecular formula is C17H25N3O2. The fourth-order valence-corrected chi connectivity index (χ4v) is 2.33. The van der Waals surface area contributed by atoms with Crippen LogP contribution < -0.4 is 4.90 Å². The average Bonchev–Trinajstić information content (AvgIpc) is 2.97. The minimum Gasteiger partial charge on any atom is -0.443 e. The molecule has 1 amide bonds. The molecule has 0 bridgehead atoms. The third-order valence-corrected chi connectivity index (χ3v) is 3.29. The van der Waals surface area contributed by atoms with Gasteiger partial charge in [-0.1, -0.05) is 6.92 Å². The van der Waals surface area contributed by atoms with Crippen molar-refractivity contribution in [2.45, 2.75) is 52.6 Å². The first-order chi connectivity index (χ1) is 10.4. The van der Waals surface area contributed by atoms with Crippen molar-refractivity contribution in [3.8, 4) is 0 Å². The van der Waals surface area contributed by atoms with Crippen LogP contribution in [-0.2, 0) is 4.74 Å². The van der Waals surface area contributed by atoms with Gasteiger partial charge < -0.3 is 4.74 Å². The largest absolute Gasteiger partial charge is 0.443 e. The number of aliphatic imine (C=N–C) groups is 1. The Morgan fingerprint density at radius 2 is 2.14 bits per heavy atom. The lowest BCUT2D eigenvalue weighted by atomic mass is 10.1. The maximum Gasteiger partial charge on any atom is 0.416 e. The van der Waals surface area contributed by atoms with Crippen molar-refractivity contribution in [1.82, 2.24) is 4.98 Å². The lowest BCUT2D eigenvalue weighted by Gasteiger charge is -2.26. The summed E-state index contributed by atoms with van der Waals surface area (Å²) in [5.74, 6) is 0.624. The van der Waals surface area contributed by atoms with Crippen LogP contribution in [0.2, 0.25) is 0 Å². The molecule has 0 spiro atoms. The van der Waals surface area contributed by atoms with Gasteiger partial charge in [0.1, 0.15) is 11.4 Å². The Morgan fingerprint density at radius 1 is 1.36 bits per heavy atom. The molecule has 0 atom stereocenters. The number of carbonyl (C=O) groups excluding carboxylic acids is 1. The smallest absolute Gasteiger partial charge is 0.416 e. The number of pyridine rings is 1. The van der Waals surface area contributed by atoms with Gasteiger partial charge in [-0.3, -0.25) is 9.89 Å². The molecule has 5 nitrogen and oxygen atoms in total. The maximum atomic E-state index is 12.3. The fourth-order valence-electron chi connectivity index (χ4n) is 2.33. The number of carbonyl (C=O) groups is 1. The fraction of sp³-hybridized carbons (Fsp3) is 0.588. The summed E-state index contributed by atoms with van der Waals surface area (Å²) in [5.41, 5.74) is 1.64. The highest BCUT2D eigenvalue weighted by Crippen LogP contribution is 2.19. The van der Waals surface area contributed by atoms with Gasteiger partial charge in [0.2, 0.25) is 0 Å². The van der Waals surface area contributed by atoms with E-state index in [1.807, 2.05) is 39.8 Å². The van der Waals surface area contributed by atoms with E-state index in [1.165, 1.54) is 0 Å². The second kappa shape index (κ2) is 6.90. The van der Waals surface area contributed by atoms with E-state index in [0.29, 0.717) is 12.4 Å². The van der Waals surface area contributed by atoms with Crippen molar-refractivity contribution >= 4 is 17.6 Å². The Kier molecular flexibility index (Phi) is 5.16. The second-order valence-corrected chi connectivity index (χ2v) is 6.47. The molecule has 1 aliphatic heterocycles. The zero-order chi connectivity index (χ0) is 16.2.